The molecule has 0 bridgehead atoms. The van der Waals surface area contributed by atoms with Crippen molar-refractivity contribution >= 4 is 48.6 Å². The predicted octanol–water partition coefficient (Wildman–Crippen LogP) is 6.90. The molecule has 0 radical (unpaired) electrons. The normalized spacial score (nSPS) is 19.4. The summed E-state index contributed by atoms with van der Waals surface area (Å²) in [7, 11) is -0.863. The number of unbranched alkanes of at least 4 members (excludes halogenated alkanes) is 1. The van der Waals surface area contributed by atoms with Gasteiger partial charge in [-0.15, -0.1) is 0 Å². The fourth-order valence-corrected chi connectivity index (χ4v) is 6.05. The molecule has 1 unspecified atom stereocenters. The van der Waals surface area contributed by atoms with Gasteiger partial charge < -0.3 is 23.5 Å². The number of hydrogen-bond acceptors (Lipinski definition) is 6. The fourth-order valence-electron chi connectivity index (χ4n) is 4.29. The van der Waals surface area contributed by atoms with Gasteiger partial charge in [0.2, 0.25) is 0 Å². The van der Waals surface area contributed by atoms with Crippen molar-refractivity contribution in [2.45, 2.75) is 77.4 Å². The summed E-state index contributed by atoms with van der Waals surface area (Å²) in [6.45, 7) is 16.9. The molecule has 2 heterocycles. The summed E-state index contributed by atoms with van der Waals surface area (Å²) in [4.78, 5) is 30.9. The average Bonchev–Trinajstić information content (AvgIpc) is 3.21. The Morgan fingerprint density at radius 3 is 2.55 bits per heavy atom. The summed E-state index contributed by atoms with van der Waals surface area (Å²) in [6.07, 6.45) is 4.51. The van der Waals surface area contributed by atoms with Crippen molar-refractivity contribution in [1.29, 1.82) is 0 Å². The number of alkyl halides is 1. The minimum Gasteiger partial charge on any atom is -0.493 e. The number of carbonyl (C=O) groups excluding carboxylic acids is 2. The van der Waals surface area contributed by atoms with Crippen molar-refractivity contribution in [1.82, 2.24) is 4.90 Å². The van der Waals surface area contributed by atoms with E-state index in [9.17, 15) is 9.59 Å². The zero-order valence-corrected chi connectivity index (χ0v) is 26.8. The summed E-state index contributed by atoms with van der Waals surface area (Å²) in [6, 6.07) is 2.97. The first kappa shape index (κ1) is 30.5. The number of halogens is 1. The van der Waals surface area contributed by atoms with Crippen molar-refractivity contribution in [3.05, 3.63) is 42.1 Å². The second kappa shape index (κ2) is 12.4. The molecule has 2 aliphatic rings. The highest BCUT2D eigenvalue weighted by Gasteiger charge is 2.50. The number of rotatable bonds is 10. The maximum absolute atomic E-state index is 14.0. The van der Waals surface area contributed by atoms with Crippen LogP contribution in [0.25, 0.3) is 0 Å². The second-order valence-corrected chi connectivity index (χ2v) is 17.1. The number of methoxy groups -OCH3 is 1. The highest BCUT2D eigenvalue weighted by Crippen LogP contribution is 2.45. The molecule has 38 heavy (non-hydrogen) atoms. The van der Waals surface area contributed by atoms with Crippen LogP contribution in [0.3, 0.4) is 0 Å². The van der Waals surface area contributed by atoms with Gasteiger partial charge in [-0.05, 0) is 54.8 Å². The minimum atomic E-state index is -2.41. The van der Waals surface area contributed by atoms with Crippen LogP contribution < -0.4 is 14.4 Å². The van der Waals surface area contributed by atoms with E-state index in [1.807, 2.05) is 13.1 Å². The Morgan fingerprint density at radius 2 is 1.95 bits per heavy atom. The minimum absolute atomic E-state index is 0.0346. The molecule has 0 spiro atoms. The van der Waals surface area contributed by atoms with Crippen LogP contribution in [-0.2, 0) is 9.16 Å². The number of benzene rings is 1. The van der Waals surface area contributed by atoms with E-state index in [-0.39, 0.29) is 17.6 Å². The summed E-state index contributed by atoms with van der Waals surface area (Å²) in [5, 5.41) is -0.123. The lowest BCUT2D eigenvalue weighted by atomic mass is 10.1. The van der Waals surface area contributed by atoms with E-state index in [4.69, 9.17) is 18.6 Å². The Labute approximate surface area is 241 Å². The van der Waals surface area contributed by atoms with Crippen molar-refractivity contribution in [3.8, 4) is 11.5 Å². The number of amides is 2. The topological polar surface area (TPSA) is 77.5 Å². The van der Waals surface area contributed by atoms with Crippen molar-refractivity contribution < 1.29 is 28.2 Å². The molecule has 10 heteroatoms. The van der Waals surface area contributed by atoms with E-state index in [0.717, 1.165) is 22.8 Å². The van der Waals surface area contributed by atoms with Crippen molar-refractivity contribution in [2.75, 3.05) is 29.7 Å². The molecule has 210 valence electrons. The molecular formula is C28H41IN2O6Si. The molecule has 3 rings (SSSR count). The first-order valence-electron chi connectivity index (χ1n) is 13.0. The van der Waals surface area contributed by atoms with Gasteiger partial charge in [-0.1, -0.05) is 61.6 Å². The Kier molecular flexibility index (Phi) is 9.96. The smallest absolute Gasteiger partial charge is 0.416 e. The molecule has 0 aromatic heterocycles. The maximum atomic E-state index is 14.0. The Hall–Kier alpha value is -2.05. The number of nitrogens with zero attached hydrogens (tertiary/aromatic N) is 2. The molecule has 8 nitrogen and oxygen atoms in total. The fraction of sp³-hybridized carbons (Fsp3) is 0.571. The summed E-state index contributed by atoms with van der Waals surface area (Å²) < 4.78 is 25.3. The molecule has 0 saturated heterocycles. The average molecular weight is 657 g/mol. The van der Waals surface area contributed by atoms with Gasteiger partial charge in [0.15, 0.2) is 26.0 Å². The van der Waals surface area contributed by atoms with Gasteiger partial charge in [0.25, 0.3) is 5.91 Å². The van der Waals surface area contributed by atoms with Crippen LogP contribution >= 0.6 is 22.6 Å². The highest BCUT2D eigenvalue weighted by atomic mass is 127. The van der Waals surface area contributed by atoms with E-state index in [1.54, 1.807) is 24.1 Å². The standard InChI is InChI=1S/C28H41IN2O6Si/c1-9-13-36-27(33)31-21-17-24(35-14-11-10-12-29)23(34-6)16-20(21)25(32)30-18-19(2)15-22(30)26(31)37-38(7,8)28(3,4)5/h9,16-18,22,26H,1,10-15H2,2-8H3/t22-,26?/m0/s1. The zero-order valence-electron chi connectivity index (χ0n) is 23.6. The van der Waals surface area contributed by atoms with Crippen LogP contribution in [0.4, 0.5) is 10.5 Å². The summed E-state index contributed by atoms with van der Waals surface area (Å²) >= 11 is 2.34. The monoisotopic (exact) mass is 656 g/mol. The molecule has 1 aromatic carbocycles. The molecule has 0 N–H and O–H groups in total. The summed E-state index contributed by atoms with van der Waals surface area (Å²) in [5.41, 5.74) is 1.75. The third kappa shape index (κ3) is 6.39. The van der Waals surface area contributed by atoms with E-state index in [0.29, 0.717) is 35.8 Å². The van der Waals surface area contributed by atoms with Gasteiger partial charge in [-0.3, -0.25) is 4.79 Å². The lowest BCUT2D eigenvalue weighted by Crippen LogP contribution is -2.57. The van der Waals surface area contributed by atoms with Gasteiger partial charge in [-0.25, -0.2) is 9.69 Å². The molecule has 2 atom stereocenters. The van der Waals surface area contributed by atoms with Crippen LogP contribution in [0.15, 0.2) is 36.6 Å². The van der Waals surface area contributed by atoms with Gasteiger partial charge in [0.05, 0.1) is 31.0 Å². The lowest BCUT2D eigenvalue weighted by Gasteiger charge is -2.44. The molecular weight excluding hydrogens is 615 g/mol. The maximum Gasteiger partial charge on any atom is 0.416 e. The number of fused-ring (bicyclic) bond motifs is 2. The zero-order chi connectivity index (χ0) is 28.3. The van der Waals surface area contributed by atoms with E-state index in [1.165, 1.54) is 11.0 Å². The van der Waals surface area contributed by atoms with E-state index >= 15 is 0 Å². The largest absolute Gasteiger partial charge is 0.493 e. The molecule has 0 aliphatic carbocycles. The third-order valence-corrected chi connectivity index (χ3v) is 12.6. The van der Waals surface area contributed by atoms with Crippen LogP contribution in [0, 0.1) is 0 Å². The number of anilines is 1. The van der Waals surface area contributed by atoms with Crippen molar-refractivity contribution in [3.63, 3.8) is 0 Å². The highest BCUT2D eigenvalue weighted by molar-refractivity contribution is 14.1. The third-order valence-electron chi connectivity index (χ3n) is 7.37. The Morgan fingerprint density at radius 1 is 1.24 bits per heavy atom. The van der Waals surface area contributed by atoms with Crippen LogP contribution in [0.5, 0.6) is 11.5 Å². The molecule has 0 saturated carbocycles. The Balaban J connectivity index is 2.22. The number of carbonyl (C=O) groups is 2. The number of ether oxygens (including phenoxy) is 3. The van der Waals surface area contributed by atoms with Crippen LogP contribution in [-0.4, -0.2) is 62.2 Å². The second-order valence-electron chi connectivity index (χ2n) is 11.2. The van der Waals surface area contributed by atoms with Crippen LogP contribution in [0.1, 0.15) is 57.3 Å². The first-order chi connectivity index (χ1) is 17.9. The molecule has 2 amide bonds. The van der Waals surface area contributed by atoms with E-state index < -0.39 is 26.7 Å². The van der Waals surface area contributed by atoms with E-state index in [2.05, 4.69) is 63.0 Å². The molecule has 0 fully saturated rings. The van der Waals surface area contributed by atoms with Gasteiger partial charge >= 0.3 is 6.09 Å². The first-order valence-corrected chi connectivity index (χ1v) is 17.4. The van der Waals surface area contributed by atoms with Crippen LogP contribution in [0.2, 0.25) is 18.1 Å². The molecule has 1 aromatic rings. The quantitative estimate of drug-likeness (QED) is 0.0897. The Bertz CT molecular complexity index is 1080. The molecule has 2 aliphatic heterocycles. The van der Waals surface area contributed by atoms with Gasteiger partial charge in [0, 0.05) is 12.3 Å². The van der Waals surface area contributed by atoms with Crippen molar-refractivity contribution in [2.24, 2.45) is 0 Å². The SMILES string of the molecule is C=CCOC(=O)N1c2cc(OCCCCI)c(OC)cc2C(=O)N2C=C(C)C[C@H]2C1O[Si](C)(C)C(C)(C)C. The van der Waals surface area contributed by atoms with Gasteiger partial charge in [-0.2, -0.15) is 0 Å². The van der Waals surface area contributed by atoms with Gasteiger partial charge in [0.1, 0.15) is 6.61 Å². The summed E-state index contributed by atoms with van der Waals surface area (Å²) in [5.74, 6) is 0.680. The lowest BCUT2D eigenvalue weighted by molar-refractivity contribution is 0.0589. The predicted molar refractivity (Wildman–Crippen MR) is 161 cm³/mol. The number of hydrogen-bond donors (Lipinski definition) is 0.